The molecule has 0 atom stereocenters. The summed E-state index contributed by atoms with van der Waals surface area (Å²) in [5.74, 6) is 1.56. The Balaban J connectivity index is 1.64. The fraction of sp³-hybridized carbons (Fsp3) is 0.412. The second kappa shape index (κ2) is 7.53. The molecule has 0 fully saturated rings. The number of tetrazole rings is 1. The molecule has 126 valence electrons. The Hall–Kier alpha value is -2.28. The molecule has 3 aromatic rings. The molecule has 7 heteroatoms. The van der Waals surface area contributed by atoms with Gasteiger partial charge in [0.25, 0.3) is 0 Å². The molecule has 24 heavy (non-hydrogen) atoms. The normalized spacial score (nSPS) is 11.0. The van der Waals surface area contributed by atoms with E-state index in [0.29, 0.717) is 5.82 Å². The average molecular weight is 343 g/mol. The summed E-state index contributed by atoms with van der Waals surface area (Å²) in [5.41, 5.74) is 3.27. The molecule has 3 rings (SSSR count). The van der Waals surface area contributed by atoms with E-state index in [-0.39, 0.29) is 0 Å². The van der Waals surface area contributed by atoms with Crippen LogP contribution in [-0.2, 0) is 12.8 Å². The van der Waals surface area contributed by atoms with Gasteiger partial charge in [0.05, 0.1) is 23.5 Å². The molecule has 0 aliphatic heterocycles. The van der Waals surface area contributed by atoms with Gasteiger partial charge in [-0.3, -0.25) is 0 Å². The Morgan fingerprint density at radius 3 is 2.67 bits per heavy atom. The highest BCUT2D eigenvalue weighted by molar-refractivity contribution is 7.09. The van der Waals surface area contributed by atoms with E-state index in [1.165, 1.54) is 11.3 Å². The van der Waals surface area contributed by atoms with E-state index in [4.69, 9.17) is 4.74 Å². The number of aryl methyl sites for hydroxylation is 4. The molecule has 6 nitrogen and oxygen atoms in total. The van der Waals surface area contributed by atoms with Gasteiger partial charge in [0.15, 0.2) is 5.82 Å². The molecule has 2 aromatic heterocycles. The number of aromatic nitrogens is 5. The van der Waals surface area contributed by atoms with E-state index in [1.54, 1.807) is 23.2 Å². The number of hydrogen-bond donors (Lipinski definition) is 0. The summed E-state index contributed by atoms with van der Waals surface area (Å²) in [6, 6.07) is 5.99. The molecule has 0 N–H and O–H groups in total. The Morgan fingerprint density at radius 1 is 1.17 bits per heavy atom. The van der Waals surface area contributed by atoms with Crippen LogP contribution in [0.15, 0.2) is 23.6 Å². The molecule has 0 radical (unpaired) electrons. The molecule has 0 spiro atoms. The minimum Gasteiger partial charge on any atom is -0.496 e. The summed E-state index contributed by atoms with van der Waals surface area (Å²) in [4.78, 5) is 6.06. The highest BCUT2D eigenvalue weighted by Crippen LogP contribution is 2.23. The largest absolute Gasteiger partial charge is 0.496 e. The summed E-state index contributed by atoms with van der Waals surface area (Å²) in [6.07, 6.45) is 4.17. The van der Waals surface area contributed by atoms with E-state index in [1.807, 2.05) is 26.0 Å². The van der Waals surface area contributed by atoms with E-state index < -0.39 is 0 Å². The predicted octanol–water partition coefficient (Wildman–Crippen LogP) is 3.31. The zero-order valence-corrected chi connectivity index (χ0v) is 15.0. The summed E-state index contributed by atoms with van der Waals surface area (Å²) in [6.45, 7) is 3.87. The summed E-state index contributed by atoms with van der Waals surface area (Å²) in [5, 5.41) is 15.5. The first-order valence-electron chi connectivity index (χ1n) is 8.00. The van der Waals surface area contributed by atoms with Crippen LogP contribution in [0.3, 0.4) is 0 Å². The molecule has 0 aliphatic rings. The topological polar surface area (TPSA) is 65.7 Å². The number of rotatable bonds is 7. The van der Waals surface area contributed by atoms with Gasteiger partial charge in [0.2, 0.25) is 0 Å². The van der Waals surface area contributed by atoms with E-state index in [2.05, 4.69) is 31.8 Å². The Kier molecular flexibility index (Phi) is 5.20. The maximum Gasteiger partial charge on any atom is 0.172 e. The number of methoxy groups -OCH3 is 1. The highest BCUT2D eigenvalue weighted by Gasteiger charge is 2.08. The van der Waals surface area contributed by atoms with Gasteiger partial charge >= 0.3 is 0 Å². The second-order valence-corrected chi connectivity index (χ2v) is 6.75. The molecular weight excluding hydrogens is 322 g/mol. The molecule has 0 saturated heterocycles. The molecule has 0 unspecified atom stereocenters. The zero-order chi connectivity index (χ0) is 16.9. The van der Waals surface area contributed by atoms with Crippen molar-refractivity contribution < 1.29 is 4.74 Å². The fourth-order valence-corrected chi connectivity index (χ4v) is 3.27. The number of benzene rings is 1. The molecule has 0 bridgehead atoms. The summed E-state index contributed by atoms with van der Waals surface area (Å²) >= 11 is 1.71. The van der Waals surface area contributed by atoms with Crippen molar-refractivity contribution in [3.63, 3.8) is 0 Å². The SMILES string of the molecule is COc1ccc(-n2nnc(C)n2)cc1CCCCc1csc(C)n1. The van der Waals surface area contributed by atoms with Gasteiger partial charge in [-0.25, -0.2) is 4.98 Å². The molecule has 2 heterocycles. The number of thiazole rings is 1. The van der Waals surface area contributed by atoms with E-state index in [9.17, 15) is 0 Å². The van der Waals surface area contributed by atoms with Gasteiger partial charge in [-0.1, -0.05) is 0 Å². The van der Waals surface area contributed by atoms with Crippen LogP contribution in [0.4, 0.5) is 0 Å². The minimum absolute atomic E-state index is 0.658. The third kappa shape index (κ3) is 3.97. The highest BCUT2D eigenvalue weighted by atomic mass is 32.1. The Bertz CT molecular complexity index is 811. The number of unbranched alkanes of at least 4 members (excludes halogenated alkanes) is 1. The number of hydrogen-bond acceptors (Lipinski definition) is 6. The van der Waals surface area contributed by atoms with Gasteiger partial charge in [-0.2, -0.15) is 0 Å². The Labute approximate surface area is 145 Å². The molecule has 0 saturated carbocycles. The zero-order valence-electron chi connectivity index (χ0n) is 14.2. The van der Waals surface area contributed by atoms with Crippen molar-refractivity contribution >= 4 is 11.3 Å². The first-order valence-corrected chi connectivity index (χ1v) is 8.88. The maximum absolute atomic E-state index is 5.48. The van der Waals surface area contributed by atoms with Crippen LogP contribution in [0.5, 0.6) is 5.75 Å². The Morgan fingerprint density at radius 2 is 2.00 bits per heavy atom. The molecule has 0 aliphatic carbocycles. The standard InChI is InChI=1S/C17H21N5OS/c1-12-19-21-22(20-12)16-8-9-17(23-3)14(10-16)6-4-5-7-15-11-24-13(2)18-15/h8-11H,4-7H2,1-3H3. The lowest BCUT2D eigenvalue weighted by atomic mass is 10.0. The van der Waals surface area contributed by atoms with Crippen LogP contribution in [0.25, 0.3) is 5.69 Å². The van der Waals surface area contributed by atoms with Crippen molar-refractivity contribution in [3.8, 4) is 11.4 Å². The monoisotopic (exact) mass is 343 g/mol. The second-order valence-electron chi connectivity index (χ2n) is 5.69. The smallest absolute Gasteiger partial charge is 0.172 e. The van der Waals surface area contributed by atoms with Crippen LogP contribution in [0, 0.1) is 13.8 Å². The van der Waals surface area contributed by atoms with E-state index in [0.717, 1.165) is 42.1 Å². The van der Waals surface area contributed by atoms with Crippen molar-refractivity contribution in [2.45, 2.75) is 39.5 Å². The van der Waals surface area contributed by atoms with Crippen molar-refractivity contribution in [2.75, 3.05) is 7.11 Å². The number of nitrogens with zero attached hydrogens (tertiary/aromatic N) is 5. The lowest BCUT2D eigenvalue weighted by Gasteiger charge is -2.10. The van der Waals surface area contributed by atoms with Gasteiger partial charge in [-0.05, 0) is 68.5 Å². The quantitative estimate of drug-likeness (QED) is 0.616. The third-order valence-electron chi connectivity index (χ3n) is 3.80. The van der Waals surface area contributed by atoms with Gasteiger partial charge in [0.1, 0.15) is 5.75 Å². The van der Waals surface area contributed by atoms with E-state index >= 15 is 0 Å². The van der Waals surface area contributed by atoms with Crippen LogP contribution < -0.4 is 4.74 Å². The van der Waals surface area contributed by atoms with Crippen LogP contribution >= 0.6 is 11.3 Å². The van der Waals surface area contributed by atoms with Crippen molar-refractivity contribution in [1.82, 2.24) is 25.2 Å². The lowest BCUT2D eigenvalue weighted by molar-refractivity contribution is 0.408. The predicted molar refractivity (Wildman–Crippen MR) is 93.9 cm³/mol. The van der Waals surface area contributed by atoms with Crippen LogP contribution in [0.1, 0.15) is 34.9 Å². The third-order valence-corrected chi connectivity index (χ3v) is 4.63. The molecule has 1 aromatic carbocycles. The molecular formula is C17H21N5OS. The van der Waals surface area contributed by atoms with Crippen LogP contribution in [-0.4, -0.2) is 32.3 Å². The molecule has 0 amide bonds. The lowest BCUT2D eigenvalue weighted by Crippen LogP contribution is -2.02. The summed E-state index contributed by atoms with van der Waals surface area (Å²) in [7, 11) is 1.70. The maximum atomic E-state index is 5.48. The fourth-order valence-electron chi connectivity index (χ4n) is 2.62. The average Bonchev–Trinajstić information content (AvgIpc) is 3.20. The van der Waals surface area contributed by atoms with Gasteiger partial charge < -0.3 is 4.74 Å². The van der Waals surface area contributed by atoms with Crippen molar-refractivity contribution in [1.29, 1.82) is 0 Å². The number of ether oxygens (including phenoxy) is 1. The van der Waals surface area contributed by atoms with Crippen LogP contribution in [0.2, 0.25) is 0 Å². The van der Waals surface area contributed by atoms with Gasteiger partial charge in [0, 0.05) is 5.38 Å². The van der Waals surface area contributed by atoms with Gasteiger partial charge in [-0.15, -0.1) is 26.3 Å². The van der Waals surface area contributed by atoms with Crippen molar-refractivity contribution in [2.24, 2.45) is 0 Å². The minimum atomic E-state index is 0.658. The first kappa shape index (κ1) is 16.6. The summed E-state index contributed by atoms with van der Waals surface area (Å²) < 4.78 is 5.48. The first-order chi connectivity index (χ1) is 11.7. The van der Waals surface area contributed by atoms with Crippen molar-refractivity contribution in [3.05, 3.63) is 45.7 Å².